The minimum atomic E-state index is -1.29. The summed E-state index contributed by atoms with van der Waals surface area (Å²) in [5, 5.41) is 5.18. The smallest absolute Gasteiger partial charge is 0.408 e. The summed E-state index contributed by atoms with van der Waals surface area (Å²) in [5.74, 6) is -3.55. The highest BCUT2D eigenvalue weighted by molar-refractivity contribution is 5.92. The maximum atomic E-state index is 14.4. The minimum absolute atomic E-state index is 0.0105. The summed E-state index contributed by atoms with van der Waals surface area (Å²) in [7, 11) is 0. The van der Waals surface area contributed by atoms with Crippen molar-refractivity contribution in [1.29, 1.82) is 0 Å². The van der Waals surface area contributed by atoms with Crippen LogP contribution in [0.15, 0.2) is 36.4 Å². The molecule has 5 N–H and O–H groups in total. The summed E-state index contributed by atoms with van der Waals surface area (Å²) >= 11 is 0. The number of ether oxygens (including phenoxy) is 1. The van der Waals surface area contributed by atoms with Crippen molar-refractivity contribution in [2.45, 2.75) is 45.3 Å². The molecule has 0 unspecified atom stereocenters. The number of aromatic nitrogens is 1. The number of hydrogen-bond donors (Lipinski definition) is 4. The molecule has 0 aliphatic rings. The highest BCUT2D eigenvalue weighted by Gasteiger charge is 2.26. The number of amides is 3. The van der Waals surface area contributed by atoms with E-state index in [-0.39, 0.29) is 23.9 Å². The van der Waals surface area contributed by atoms with Gasteiger partial charge in [-0.2, -0.15) is 0 Å². The predicted molar refractivity (Wildman–Crippen MR) is 127 cm³/mol. The number of nitrogens with one attached hydrogen (secondary N) is 3. The number of halogens is 3. The van der Waals surface area contributed by atoms with Gasteiger partial charge in [0.1, 0.15) is 29.1 Å². The molecule has 0 aliphatic carbocycles. The first-order chi connectivity index (χ1) is 16.8. The van der Waals surface area contributed by atoms with Gasteiger partial charge in [-0.15, -0.1) is 0 Å². The van der Waals surface area contributed by atoms with Crippen molar-refractivity contribution in [3.05, 3.63) is 59.4 Å². The second kappa shape index (κ2) is 10.7. The molecule has 8 nitrogen and oxygen atoms in total. The van der Waals surface area contributed by atoms with E-state index in [0.717, 1.165) is 6.07 Å². The highest BCUT2D eigenvalue weighted by Crippen LogP contribution is 2.32. The summed E-state index contributed by atoms with van der Waals surface area (Å²) in [6, 6.07) is 6.08. The summed E-state index contributed by atoms with van der Waals surface area (Å²) < 4.78 is 47.0. The Morgan fingerprint density at radius 2 is 1.72 bits per heavy atom. The maximum Gasteiger partial charge on any atom is 0.408 e. The van der Waals surface area contributed by atoms with E-state index in [0.29, 0.717) is 16.8 Å². The van der Waals surface area contributed by atoms with Crippen LogP contribution in [0.1, 0.15) is 32.8 Å². The third kappa shape index (κ3) is 6.77. The molecular formula is C25H27F3N4O4. The second-order valence-electron chi connectivity index (χ2n) is 9.21. The van der Waals surface area contributed by atoms with Gasteiger partial charge < -0.3 is 26.1 Å². The lowest BCUT2D eigenvalue weighted by Gasteiger charge is -2.22. The van der Waals surface area contributed by atoms with Crippen LogP contribution in [0.25, 0.3) is 22.2 Å². The molecule has 36 heavy (non-hydrogen) atoms. The number of H-pyrrole nitrogens is 1. The number of fused-ring (bicyclic) bond motifs is 1. The van der Waals surface area contributed by atoms with Crippen LogP contribution in [-0.4, -0.2) is 41.1 Å². The zero-order valence-electron chi connectivity index (χ0n) is 20.0. The maximum absolute atomic E-state index is 14.4. The fourth-order valence-corrected chi connectivity index (χ4v) is 3.69. The monoisotopic (exact) mass is 504 g/mol. The number of rotatable bonds is 8. The van der Waals surface area contributed by atoms with E-state index >= 15 is 0 Å². The lowest BCUT2D eigenvalue weighted by Crippen LogP contribution is -2.50. The van der Waals surface area contributed by atoms with Gasteiger partial charge in [-0.05, 0) is 68.7 Å². The molecule has 0 spiro atoms. The molecule has 1 heterocycles. The Balaban J connectivity index is 1.81. The van der Waals surface area contributed by atoms with Crippen LogP contribution in [0.4, 0.5) is 18.0 Å². The molecule has 0 fully saturated rings. The van der Waals surface area contributed by atoms with E-state index in [9.17, 15) is 27.6 Å². The predicted octanol–water partition coefficient (Wildman–Crippen LogP) is 3.68. The normalized spacial score (nSPS) is 12.3. The number of benzene rings is 2. The minimum Gasteiger partial charge on any atom is -0.444 e. The molecular weight excluding hydrogens is 477 g/mol. The Bertz CT molecular complexity index is 1280. The Kier molecular flexibility index (Phi) is 7.91. The molecule has 0 radical (unpaired) electrons. The van der Waals surface area contributed by atoms with E-state index in [4.69, 9.17) is 10.5 Å². The molecule has 11 heteroatoms. The first-order valence-corrected chi connectivity index (χ1v) is 11.1. The van der Waals surface area contributed by atoms with Crippen molar-refractivity contribution in [3.8, 4) is 11.3 Å². The van der Waals surface area contributed by atoms with Gasteiger partial charge in [0.05, 0.1) is 11.9 Å². The van der Waals surface area contributed by atoms with Gasteiger partial charge in [-0.1, -0.05) is 0 Å². The van der Waals surface area contributed by atoms with Gasteiger partial charge >= 0.3 is 6.09 Å². The lowest BCUT2D eigenvalue weighted by molar-refractivity contribution is -0.127. The van der Waals surface area contributed by atoms with E-state index in [1.54, 1.807) is 20.8 Å². The van der Waals surface area contributed by atoms with Crippen molar-refractivity contribution in [2.75, 3.05) is 6.54 Å². The number of carbonyl (C=O) groups is 3. The van der Waals surface area contributed by atoms with Crippen LogP contribution in [-0.2, 0) is 20.7 Å². The number of carbonyl (C=O) groups excluding carboxylic acids is 3. The van der Waals surface area contributed by atoms with Crippen molar-refractivity contribution < 1.29 is 32.3 Å². The average Bonchev–Trinajstić information content (AvgIpc) is 3.11. The van der Waals surface area contributed by atoms with Gasteiger partial charge in [0, 0.05) is 23.7 Å². The molecule has 2 aromatic carbocycles. The summed E-state index contributed by atoms with van der Waals surface area (Å²) in [6.07, 6.45) is -1.24. The Labute approximate surface area is 205 Å². The fraction of sp³-hybridized carbons (Fsp3) is 0.320. The number of hydrogen-bond acceptors (Lipinski definition) is 4. The van der Waals surface area contributed by atoms with E-state index in [1.807, 2.05) is 0 Å². The van der Waals surface area contributed by atoms with Gasteiger partial charge in [0.15, 0.2) is 0 Å². The van der Waals surface area contributed by atoms with Crippen molar-refractivity contribution >= 4 is 28.8 Å². The number of aromatic amines is 1. The van der Waals surface area contributed by atoms with Crippen LogP contribution in [0.3, 0.4) is 0 Å². The molecule has 3 rings (SSSR count). The molecule has 0 saturated carbocycles. The van der Waals surface area contributed by atoms with E-state index in [1.165, 1.54) is 30.3 Å². The summed E-state index contributed by atoms with van der Waals surface area (Å²) in [4.78, 5) is 39.1. The van der Waals surface area contributed by atoms with E-state index in [2.05, 4.69) is 15.6 Å². The van der Waals surface area contributed by atoms with Crippen LogP contribution in [0, 0.1) is 17.5 Å². The highest BCUT2D eigenvalue weighted by atomic mass is 19.1. The van der Waals surface area contributed by atoms with Crippen LogP contribution < -0.4 is 16.4 Å². The molecule has 192 valence electrons. The van der Waals surface area contributed by atoms with Crippen LogP contribution in [0.2, 0.25) is 0 Å². The number of nitrogens with two attached hydrogens (primary N) is 1. The van der Waals surface area contributed by atoms with Crippen LogP contribution in [0.5, 0.6) is 0 Å². The Hall–Kier alpha value is -4.02. The summed E-state index contributed by atoms with van der Waals surface area (Å²) in [5.41, 5.74) is 5.91. The number of primary amides is 1. The molecule has 3 amide bonds. The standard InChI is InChI=1S/C25H27F3N4O4/c1-25(2,3)36-24(35)31-19(12-20(29)33)23(34)30-9-8-16-17-10-15(27)11-18(28)22(17)32-21(16)13-4-6-14(26)7-5-13/h4-7,10-11,19,32H,8-9,12H2,1-3H3,(H2,29,33)(H,30,34)(H,31,35)/t19-/m1/s1. The van der Waals surface area contributed by atoms with E-state index < -0.39 is 53.4 Å². The Morgan fingerprint density at radius 3 is 2.33 bits per heavy atom. The molecule has 0 bridgehead atoms. The summed E-state index contributed by atoms with van der Waals surface area (Å²) in [6.45, 7) is 4.91. The first-order valence-electron chi connectivity index (χ1n) is 11.1. The zero-order chi connectivity index (χ0) is 26.6. The van der Waals surface area contributed by atoms with Crippen molar-refractivity contribution in [3.63, 3.8) is 0 Å². The van der Waals surface area contributed by atoms with Gasteiger partial charge in [0.2, 0.25) is 11.8 Å². The first kappa shape index (κ1) is 26.6. The van der Waals surface area contributed by atoms with Crippen LogP contribution >= 0.6 is 0 Å². The molecule has 1 aromatic heterocycles. The third-order valence-corrected chi connectivity index (χ3v) is 5.15. The molecule has 3 aromatic rings. The SMILES string of the molecule is CC(C)(C)OC(=O)N[C@H](CC(N)=O)C(=O)NCCc1c(-c2ccc(F)cc2)[nH]c2c(F)cc(F)cc12. The Morgan fingerprint density at radius 1 is 1.06 bits per heavy atom. The average molecular weight is 505 g/mol. The van der Waals surface area contributed by atoms with Gasteiger partial charge in [-0.3, -0.25) is 9.59 Å². The topological polar surface area (TPSA) is 126 Å². The van der Waals surface area contributed by atoms with Crippen molar-refractivity contribution in [2.24, 2.45) is 5.73 Å². The van der Waals surface area contributed by atoms with Crippen molar-refractivity contribution in [1.82, 2.24) is 15.6 Å². The fourth-order valence-electron chi connectivity index (χ4n) is 3.69. The lowest BCUT2D eigenvalue weighted by atomic mass is 10.0. The quantitative estimate of drug-likeness (QED) is 0.373. The second-order valence-corrected chi connectivity index (χ2v) is 9.21. The molecule has 0 aliphatic heterocycles. The van der Waals surface area contributed by atoms with Gasteiger partial charge in [0.25, 0.3) is 0 Å². The molecule has 1 atom stereocenters. The largest absolute Gasteiger partial charge is 0.444 e. The molecule has 0 saturated heterocycles. The number of alkyl carbamates (subject to hydrolysis) is 1. The third-order valence-electron chi connectivity index (χ3n) is 5.15. The zero-order valence-corrected chi connectivity index (χ0v) is 20.0. The van der Waals surface area contributed by atoms with Gasteiger partial charge in [-0.25, -0.2) is 18.0 Å².